The summed E-state index contributed by atoms with van der Waals surface area (Å²) in [5.41, 5.74) is 4.33. The number of anilines is 3. The molecule has 2 aromatic heterocycles. The Labute approximate surface area is 272 Å². The van der Waals surface area contributed by atoms with Crippen LogP contribution in [-0.2, 0) is 27.4 Å². The number of ether oxygens (including phenoxy) is 1. The number of morpholine rings is 1. The molecule has 47 heavy (non-hydrogen) atoms. The Morgan fingerprint density at radius 1 is 1.06 bits per heavy atom. The van der Waals surface area contributed by atoms with Crippen molar-refractivity contribution in [1.82, 2.24) is 35.2 Å². The van der Waals surface area contributed by atoms with Crippen LogP contribution in [0.3, 0.4) is 0 Å². The molecule has 0 spiro atoms. The number of nitrogens with two attached hydrogens (primary N) is 1. The number of aromatic nitrogens is 5. The first-order valence-corrected chi connectivity index (χ1v) is 16.3. The summed E-state index contributed by atoms with van der Waals surface area (Å²) < 4.78 is 7.28. The molecule has 1 aliphatic carbocycles. The van der Waals surface area contributed by atoms with E-state index in [4.69, 9.17) is 20.4 Å². The van der Waals surface area contributed by atoms with Gasteiger partial charge < -0.3 is 56.6 Å². The zero-order chi connectivity index (χ0) is 33.4. The number of aliphatic hydroxyl groups is 4. The van der Waals surface area contributed by atoms with E-state index in [1.165, 1.54) is 0 Å². The van der Waals surface area contributed by atoms with Crippen LogP contribution >= 0.6 is 0 Å². The molecule has 2 saturated heterocycles. The van der Waals surface area contributed by atoms with Gasteiger partial charge in [-0.3, -0.25) is 14.3 Å². The molecule has 3 fully saturated rings. The predicted molar refractivity (Wildman–Crippen MR) is 169 cm³/mol. The van der Waals surface area contributed by atoms with Crippen molar-refractivity contribution < 1.29 is 34.8 Å². The summed E-state index contributed by atoms with van der Waals surface area (Å²) in [5, 5.41) is 57.7. The number of likely N-dealkylation sites (tertiary alicyclic amines) is 1. The number of carbonyl (C=O) groups is 2. The third-order valence-electron chi connectivity index (χ3n) is 8.78. The van der Waals surface area contributed by atoms with Crippen molar-refractivity contribution in [1.29, 1.82) is 0 Å². The number of carbonyl (C=O) groups excluding carboxylic acids is 2. The summed E-state index contributed by atoms with van der Waals surface area (Å²) in [7, 11) is 0. The highest BCUT2D eigenvalue weighted by Gasteiger charge is 2.48. The molecule has 1 saturated carbocycles. The van der Waals surface area contributed by atoms with Gasteiger partial charge in [0.1, 0.15) is 29.0 Å². The number of hydrogen-bond acceptors (Lipinski definition) is 15. The fraction of sp³-hybridized carbons (Fsp3) is 0.724. The summed E-state index contributed by atoms with van der Waals surface area (Å²) in [5.74, 6) is 1.00. The van der Waals surface area contributed by atoms with Gasteiger partial charge in [-0.05, 0) is 25.8 Å². The first-order chi connectivity index (χ1) is 22.6. The molecular formula is C29H47N11O7. The molecule has 4 heterocycles. The number of aryl methyl sites for hydroxylation is 1. The van der Waals surface area contributed by atoms with Gasteiger partial charge in [-0.15, -0.1) is 5.10 Å². The molecule has 2 amide bonds. The molecule has 5 rings (SSSR count). The second-order valence-electron chi connectivity index (χ2n) is 12.4. The summed E-state index contributed by atoms with van der Waals surface area (Å²) in [6.45, 7) is 5.42. The van der Waals surface area contributed by atoms with Gasteiger partial charge in [0.05, 0.1) is 38.2 Å². The number of piperidine rings is 1. The van der Waals surface area contributed by atoms with Crippen LogP contribution in [0.4, 0.5) is 17.6 Å². The predicted octanol–water partition coefficient (Wildman–Crippen LogP) is -2.62. The number of rotatable bonds is 13. The largest absolute Gasteiger partial charge is 0.390 e. The van der Waals surface area contributed by atoms with E-state index >= 15 is 0 Å². The van der Waals surface area contributed by atoms with Crippen LogP contribution in [0.15, 0.2) is 12.3 Å². The smallest absolute Gasteiger partial charge is 0.252 e. The molecule has 2 atom stereocenters. The van der Waals surface area contributed by atoms with Crippen LogP contribution in [0.25, 0.3) is 0 Å². The SMILES string of the molecule is NCCCn1cc(CNc2nc(NC3CCN(C(=O)CCNC(=O)C4(O)CC(O)C(O)C(O)C4)CC3)cc(N3CCOCC3)n2)nn1. The van der Waals surface area contributed by atoms with E-state index in [1.807, 2.05) is 12.3 Å². The third kappa shape index (κ3) is 9.23. The lowest BCUT2D eigenvalue weighted by Gasteiger charge is -2.39. The molecule has 9 N–H and O–H groups in total. The standard InChI is InChI=1S/C29H47N11O7/c30-5-1-7-40-18-20(36-37-40)17-32-28-34-23(14-24(35-28)38-10-12-47-13-11-38)33-19-3-8-39(9-4-19)25(43)2-6-31-27(45)29(46)15-21(41)26(44)22(42)16-29/h14,18-19,21-22,26,41-42,44,46H,1-13,15-17,30H2,(H,31,45)(H2,32,33,34,35). The summed E-state index contributed by atoms with van der Waals surface area (Å²) in [4.78, 5) is 38.8. The van der Waals surface area contributed by atoms with Crippen LogP contribution in [0.2, 0.25) is 0 Å². The van der Waals surface area contributed by atoms with Gasteiger partial charge in [-0.2, -0.15) is 9.97 Å². The first-order valence-electron chi connectivity index (χ1n) is 16.3. The maximum atomic E-state index is 12.9. The Morgan fingerprint density at radius 2 is 1.79 bits per heavy atom. The maximum Gasteiger partial charge on any atom is 0.252 e. The Bertz CT molecular complexity index is 1320. The van der Waals surface area contributed by atoms with Crippen molar-refractivity contribution in [2.75, 3.05) is 68.0 Å². The number of hydrogen-bond donors (Lipinski definition) is 8. The highest BCUT2D eigenvalue weighted by Crippen LogP contribution is 2.29. The monoisotopic (exact) mass is 661 g/mol. The molecule has 2 unspecified atom stereocenters. The van der Waals surface area contributed by atoms with E-state index < -0.39 is 42.7 Å². The fourth-order valence-corrected chi connectivity index (χ4v) is 6.04. The average Bonchev–Trinajstić information content (AvgIpc) is 3.53. The molecular weight excluding hydrogens is 614 g/mol. The molecule has 3 aliphatic rings. The zero-order valence-corrected chi connectivity index (χ0v) is 26.5. The van der Waals surface area contributed by atoms with Crippen LogP contribution in [-0.4, -0.2) is 145 Å². The molecule has 0 radical (unpaired) electrons. The zero-order valence-electron chi connectivity index (χ0n) is 26.5. The summed E-state index contributed by atoms with van der Waals surface area (Å²) in [6.07, 6.45) is -0.958. The van der Waals surface area contributed by atoms with Crippen LogP contribution in [0, 0.1) is 0 Å². The highest BCUT2D eigenvalue weighted by atomic mass is 16.5. The van der Waals surface area contributed by atoms with Crippen molar-refractivity contribution >= 4 is 29.4 Å². The van der Waals surface area contributed by atoms with E-state index in [9.17, 15) is 30.0 Å². The van der Waals surface area contributed by atoms with E-state index in [-0.39, 0.29) is 24.9 Å². The third-order valence-corrected chi connectivity index (χ3v) is 8.78. The first kappa shape index (κ1) is 34.6. The van der Waals surface area contributed by atoms with Crippen LogP contribution < -0.4 is 26.6 Å². The normalized spacial score (nSPS) is 25.4. The van der Waals surface area contributed by atoms with Gasteiger partial charge >= 0.3 is 0 Å². The van der Waals surface area contributed by atoms with Gasteiger partial charge in [0.2, 0.25) is 11.9 Å². The summed E-state index contributed by atoms with van der Waals surface area (Å²) in [6, 6.07) is 2.01. The number of nitrogens with one attached hydrogen (secondary N) is 3. The van der Waals surface area contributed by atoms with Gasteiger partial charge in [0, 0.05) is 70.6 Å². The van der Waals surface area contributed by atoms with Gasteiger partial charge in [-0.1, -0.05) is 5.21 Å². The molecule has 2 aliphatic heterocycles. The number of aliphatic hydroxyl groups excluding tert-OH is 3. The topological polar surface area (TPSA) is 249 Å². The Hall–Kier alpha value is -3.68. The highest BCUT2D eigenvalue weighted by molar-refractivity contribution is 5.86. The van der Waals surface area contributed by atoms with E-state index in [1.54, 1.807) is 9.58 Å². The molecule has 0 aromatic carbocycles. The number of amides is 2. The van der Waals surface area contributed by atoms with Crippen molar-refractivity contribution in [2.45, 2.75) is 81.6 Å². The summed E-state index contributed by atoms with van der Waals surface area (Å²) >= 11 is 0. The quantitative estimate of drug-likeness (QED) is 0.109. The minimum atomic E-state index is -2.02. The lowest BCUT2D eigenvalue weighted by atomic mass is 9.79. The minimum Gasteiger partial charge on any atom is -0.390 e. The molecule has 18 nitrogen and oxygen atoms in total. The Morgan fingerprint density at radius 3 is 2.49 bits per heavy atom. The molecule has 18 heteroatoms. The lowest BCUT2D eigenvalue weighted by molar-refractivity contribution is -0.172. The minimum absolute atomic E-state index is 0.00205. The van der Waals surface area contributed by atoms with E-state index in [0.717, 1.165) is 31.0 Å². The van der Waals surface area contributed by atoms with Crippen molar-refractivity contribution in [3.8, 4) is 0 Å². The Balaban J connectivity index is 1.11. The maximum absolute atomic E-state index is 12.9. The van der Waals surface area contributed by atoms with Crippen molar-refractivity contribution in [2.24, 2.45) is 5.73 Å². The van der Waals surface area contributed by atoms with Gasteiger partial charge in [0.25, 0.3) is 5.91 Å². The Kier molecular flexibility index (Phi) is 11.8. The van der Waals surface area contributed by atoms with Crippen molar-refractivity contribution in [3.63, 3.8) is 0 Å². The van der Waals surface area contributed by atoms with E-state index in [2.05, 4.69) is 31.2 Å². The second-order valence-corrected chi connectivity index (χ2v) is 12.4. The number of nitrogens with zero attached hydrogens (tertiary/aromatic N) is 7. The van der Waals surface area contributed by atoms with Crippen molar-refractivity contribution in [3.05, 3.63) is 18.0 Å². The fourth-order valence-electron chi connectivity index (χ4n) is 6.04. The van der Waals surface area contributed by atoms with Crippen LogP contribution in [0.1, 0.15) is 44.2 Å². The lowest BCUT2D eigenvalue weighted by Crippen LogP contribution is -2.59. The van der Waals surface area contributed by atoms with E-state index in [0.29, 0.717) is 70.5 Å². The van der Waals surface area contributed by atoms with Crippen LogP contribution in [0.5, 0.6) is 0 Å². The molecule has 2 aromatic rings. The molecule has 0 bridgehead atoms. The van der Waals surface area contributed by atoms with Gasteiger partial charge in [-0.25, -0.2) is 0 Å². The average molecular weight is 662 g/mol. The second kappa shape index (κ2) is 15.9. The van der Waals surface area contributed by atoms with Gasteiger partial charge in [0.15, 0.2) is 0 Å². The molecule has 260 valence electrons.